The quantitative estimate of drug-likeness (QED) is 0.144. The number of methoxy groups -OCH3 is 1. The van der Waals surface area contributed by atoms with Crippen LogP contribution in [0.4, 0.5) is 14.5 Å². The van der Waals surface area contributed by atoms with Crippen LogP contribution in [0.5, 0.6) is 23.0 Å². The minimum atomic E-state index is -0.849. The molecule has 5 aromatic rings. The summed E-state index contributed by atoms with van der Waals surface area (Å²) in [5, 5.41) is 0.113. The number of nitrogens with zero attached hydrogens (tertiary/aromatic N) is 2. The Hall–Kier alpha value is -5.38. The van der Waals surface area contributed by atoms with Crippen molar-refractivity contribution in [1.29, 1.82) is 0 Å². The van der Waals surface area contributed by atoms with Gasteiger partial charge < -0.3 is 28.4 Å². The Kier molecular flexibility index (Phi) is 9.85. The molecule has 238 valence electrons. The van der Waals surface area contributed by atoms with Crippen LogP contribution in [0.25, 0.3) is 16.6 Å². The number of hydrogen-bond donors (Lipinski definition) is 0. The summed E-state index contributed by atoms with van der Waals surface area (Å²) in [6.45, 7) is 6.45. The first-order valence-electron chi connectivity index (χ1n) is 14.9. The molecule has 0 aliphatic rings. The lowest BCUT2D eigenvalue weighted by Crippen LogP contribution is -2.35. The van der Waals surface area contributed by atoms with E-state index in [4.69, 9.17) is 18.9 Å². The monoisotopic (exact) mass is 628 g/mol. The summed E-state index contributed by atoms with van der Waals surface area (Å²) >= 11 is 0. The second kappa shape index (κ2) is 14.2. The Bertz CT molecular complexity index is 1880. The maximum atomic E-state index is 14.2. The second-order valence-corrected chi connectivity index (χ2v) is 10.2. The molecule has 4 aromatic carbocycles. The van der Waals surface area contributed by atoms with Crippen LogP contribution in [0.3, 0.4) is 0 Å². The van der Waals surface area contributed by atoms with Gasteiger partial charge in [0.05, 0.1) is 36.9 Å². The van der Waals surface area contributed by atoms with Gasteiger partial charge in [0.1, 0.15) is 46.8 Å². The van der Waals surface area contributed by atoms with E-state index >= 15 is 0 Å². The van der Waals surface area contributed by atoms with Gasteiger partial charge in [0.25, 0.3) is 5.91 Å². The number of carbonyl (C=O) groups is 1. The third-order valence-electron chi connectivity index (χ3n) is 7.23. The average Bonchev–Trinajstić information content (AvgIpc) is 3.04. The number of ether oxygens (including phenoxy) is 4. The number of fused-ring (bicyclic) bond motifs is 1. The molecular weight excluding hydrogens is 594 g/mol. The first-order valence-corrected chi connectivity index (χ1v) is 14.9. The van der Waals surface area contributed by atoms with Gasteiger partial charge in [-0.05, 0) is 38.5 Å². The summed E-state index contributed by atoms with van der Waals surface area (Å²) in [5.41, 5.74) is 0.971. The van der Waals surface area contributed by atoms with E-state index in [1.807, 2.05) is 44.2 Å². The minimum Gasteiger partial charge on any atom is -0.496 e. The summed E-state index contributed by atoms with van der Waals surface area (Å²) < 4.78 is 53.4. The molecule has 0 aliphatic heterocycles. The summed E-state index contributed by atoms with van der Waals surface area (Å²) in [6.07, 6.45) is 1.41. The van der Waals surface area contributed by atoms with Crippen molar-refractivity contribution >= 4 is 22.5 Å². The number of carbonyl (C=O) groups excluding carboxylic acids is 1. The fraction of sp³-hybridized carbons (Fsp3) is 0.222. The molecule has 10 heteroatoms. The number of pyridine rings is 1. The summed E-state index contributed by atoms with van der Waals surface area (Å²) in [4.78, 5) is 29.4. The molecule has 0 atom stereocenters. The predicted molar refractivity (Wildman–Crippen MR) is 173 cm³/mol. The molecule has 0 fully saturated rings. The van der Waals surface area contributed by atoms with E-state index < -0.39 is 23.0 Å². The fourth-order valence-corrected chi connectivity index (χ4v) is 5.22. The predicted octanol–water partition coefficient (Wildman–Crippen LogP) is 7.32. The van der Waals surface area contributed by atoms with E-state index in [1.54, 1.807) is 41.8 Å². The molecule has 0 aliphatic carbocycles. The molecule has 5 rings (SSSR count). The van der Waals surface area contributed by atoms with Crippen LogP contribution in [0.1, 0.15) is 36.7 Å². The number of benzene rings is 4. The Morgan fingerprint density at radius 2 is 1.43 bits per heavy atom. The highest BCUT2D eigenvalue weighted by molar-refractivity contribution is 6.08. The number of rotatable bonds is 12. The second-order valence-electron chi connectivity index (χ2n) is 10.2. The first kappa shape index (κ1) is 32.0. The van der Waals surface area contributed by atoms with Gasteiger partial charge in [-0.25, -0.2) is 8.78 Å². The lowest BCUT2D eigenvalue weighted by molar-refractivity contribution is 0.0987. The Morgan fingerprint density at radius 3 is 2.02 bits per heavy atom. The highest BCUT2D eigenvalue weighted by atomic mass is 19.1. The third kappa shape index (κ3) is 6.81. The molecule has 0 N–H and O–H groups in total. The molecule has 8 nitrogen and oxygen atoms in total. The maximum absolute atomic E-state index is 14.2. The number of amides is 1. The third-order valence-corrected chi connectivity index (χ3v) is 7.23. The van der Waals surface area contributed by atoms with Gasteiger partial charge in [0.15, 0.2) is 0 Å². The highest BCUT2D eigenvalue weighted by Crippen LogP contribution is 2.34. The van der Waals surface area contributed by atoms with Crippen LogP contribution >= 0.6 is 0 Å². The van der Waals surface area contributed by atoms with Gasteiger partial charge in [0.2, 0.25) is 5.43 Å². The van der Waals surface area contributed by atoms with E-state index in [-0.39, 0.29) is 35.5 Å². The van der Waals surface area contributed by atoms with Crippen LogP contribution in [0.15, 0.2) is 89.9 Å². The fourth-order valence-electron chi connectivity index (χ4n) is 5.22. The Balaban J connectivity index is 1.76. The molecule has 0 spiro atoms. The lowest BCUT2D eigenvalue weighted by Gasteiger charge is -2.23. The van der Waals surface area contributed by atoms with Gasteiger partial charge in [-0.3, -0.25) is 9.59 Å². The van der Waals surface area contributed by atoms with Gasteiger partial charge in [0, 0.05) is 54.8 Å². The van der Waals surface area contributed by atoms with Gasteiger partial charge in [-0.15, -0.1) is 0 Å². The number of halogens is 2. The van der Waals surface area contributed by atoms with Crippen LogP contribution in [-0.4, -0.2) is 37.3 Å². The van der Waals surface area contributed by atoms with Gasteiger partial charge in [-0.2, -0.15) is 0 Å². The Morgan fingerprint density at radius 1 is 0.804 bits per heavy atom. The average molecular weight is 629 g/mol. The molecule has 1 heterocycles. The van der Waals surface area contributed by atoms with Crippen LogP contribution < -0.4 is 29.3 Å². The van der Waals surface area contributed by atoms with E-state index in [1.165, 1.54) is 13.3 Å². The summed E-state index contributed by atoms with van der Waals surface area (Å²) in [7, 11) is 1.42. The standard InChI is InChI=1S/C36H34F2N2O6/c1-5-39(26-14-24(37)13-25(38)15-26)36(42)31-21-40(27-16-28(44-6-2)18-29(17-27)45-7-3)32-19-30(20-33(43-4)34(32)35(31)41)46-22-23-11-9-8-10-12-23/h8-21H,5-7,22H2,1-4H3. The van der Waals surface area contributed by atoms with Crippen molar-refractivity contribution in [2.45, 2.75) is 27.4 Å². The zero-order valence-corrected chi connectivity index (χ0v) is 26.0. The van der Waals surface area contributed by atoms with Crippen molar-refractivity contribution in [2.24, 2.45) is 0 Å². The lowest BCUT2D eigenvalue weighted by atomic mass is 10.1. The van der Waals surface area contributed by atoms with Gasteiger partial charge >= 0.3 is 0 Å². The zero-order chi connectivity index (χ0) is 32.8. The molecule has 0 saturated heterocycles. The molecule has 0 radical (unpaired) electrons. The molecular formula is C36H34F2N2O6. The van der Waals surface area contributed by atoms with Crippen LogP contribution in [0, 0.1) is 11.6 Å². The molecule has 0 saturated carbocycles. The molecule has 1 amide bonds. The van der Waals surface area contributed by atoms with Crippen molar-refractivity contribution in [3.63, 3.8) is 0 Å². The van der Waals surface area contributed by atoms with Crippen molar-refractivity contribution in [1.82, 2.24) is 4.57 Å². The molecule has 0 unspecified atom stereocenters. The van der Waals surface area contributed by atoms with E-state index in [0.717, 1.165) is 22.6 Å². The zero-order valence-electron chi connectivity index (χ0n) is 26.0. The van der Waals surface area contributed by atoms with E-state index in [9.17, 15) is 18.4 Å². The van der Waals surface area contributed by atoms with Crippen LogP contribution in [0.2, 0.25) is 0 Å². The number of hydrogen-bond acceptors (Lipinski definition) is 6. The van der Waals surface area contributed by atoms with Gasteiger partial charge in [-0.1, -0.05) is 30.3 Å². The smallest absolute Gasteiger partial charge is 0.263 e. The summed E-state index contributed by atoms with van der Waals surface area (Å²) in [6, 6.07) is 21.0. The summed E-state index contributed by atoms with van der Waals surface area (Å²) in [5.74, 6) is -0.813. The number of anilines is 1. The topological polar surface area (TPSA) is 79.2 Å². The van der Waals surface area contributed by atoms with Crippen molar-refractivity contribution in [3.05, 3.63) is 118 Å². The minimum absolute atomic E-state index is 0.0235. The SMILES string of the molecule is CCOc1cc(OCC)cc(-n2cc(C(=O)N(CC)c3cc(F)cc(F)c3)c(=O)c3c(OC)cc(OCc4ccccc4)cc32)c1. The molecule has 0 bridgehead atoms. The number of aromatic nitrogens is 1. The highest BCUT2D eigenvalue weighted by Gasteiger charge is 2.25. The Labute approximate surface area is 265 Å². The first-order chi connectivity index (χ1) is 22.3. The largest absolute Gasteiger partial charge is 0.496 e. The normalized spacial score (nSPS) is 10.9. The van der Waals surface area contributed by atoms with Crippen molar-refractivity contribution in [2.75, 3.05) is 31.8 Å². The van der Waals surface area contributed by atoms with Crippen LogP contribution in [-0.2, 0) is 6.61 Å². The van der Waals surface area contributed by atoms with E-state index in [2.05, 4.69) is 0 Å². The van der Waals surface area contributed by atoms with Crippen molar-refractivity contribution < 1.29 is 32.5 Å². The maximum Gasteiger partial charge on any atom is 0.263 e. The van der Waals surface area contributed by atoms with E-state index in [0.29, 0.717) is 47.7 Å². The van der Waals surface area contributed by atoms with Crippen molar-refractivity contribution in [3.8, 4) is 28.7 Å². The molecule has 46 heavy (non-hydrogen) atoms. The molecule has 1 aromatic heterocycles.